The Morgan fingerprint density at radius 3 is 2.08 bits per heavy atom. The Labute approximate surface area is 347 Å². The quantitative estimate of drug-likeness (QED) is 0.125. The van der Waals surface area contributed by atoms with E-state index < -0.39 is 0 Å². The highest BCUT2D eigenvalue weighted by Crippen LogP contribution is 2.49. The number of nitrogens with zero attached hydrogens (tertiary/aromatic N) is 3. The molecule has 0 radical (unpaired) electrons. The van der Waals surface area contributed by atoms with Crippen LogP contribution in [0.5, 0.6) is 0 Å². The standard InChI is InChI=1S/C57H37N3/c1-3-4-5-6-16-35(2)55-47-23-13-14-26-50(47)58-57(59-55)36-27-29-41(30-28-36)60-51-34-38-18-8-7-17-37(38)32-49(51)54-53-45-25-15-24-43-42-20-10-9-19-39(42)31-40(33-48(43)45)52(53)44-21-11-12-22-46(44)56(54)60/h3-30,32-34H,1-2,31H2/b5-4-,16-6-. The topological polar surface area (TPSA) is 30.7 Å². The van der Waals surface area contributed by atoms with E-state index in [0.717, 1.165) is 39.8 Å². The van der Waals surface area contributed by atoms with Crippen molar-refractivity contribution >= 4 is 81.4 Å². The molecule has 2 heterocycles. The SMILES string of the molecule is C=C/C=C\C=C/C(=C)c1nc(-c2ccc(-n3c4cc5ccccc5cc4c4c5c6cccc7c6cc(c5c5ccccc5c43)Cc3ccccc3-7)cc2)nc2ccccc12. The first kappa shape index (κ1) is 34.2. The highest BCUT2D eigenvalue weighted by atomic mass is 15.0. The summed E-state index contributed by atoms with van der Waals surface area (Å²) in [6.45, 7) is 8.16. The van der Waals surface area contributed by atoms with Crippen molar-refractivity contribution < 1.29 is 0 Å². The van der Waals surface area contributed by atoms with Crippen LogP contribution in [0.4, 0.5) is 0 Å². The minimum atomic E-state index is 0.664. The molecular formula is C57H37N3. The van der Waals surface area contributed by atoms with Crippen molar-refractivity contribution in [1.82, 2.24) is 14.5 Å². The summed E-state index contributed by atoms with van der Waals surface area (Å²) in [5.41, 5.74) is 12.3. The van der Waals surface area contributed by atoms with Crippen LogP contribution in [0.1, 0.15) is 16.8 Å². The molecular weight excluding hydrogens is 727 g/mol. The average Bonchev–Trinajstić information content (AvgIpc) is 3.53. The smallest absolute Gasteiger partial charge is 0.160 e. The third-order valence-electron chi connectivity index (χ3n) is 12.4. The van der Waals surface area contributed by atoms with Crippen LogP contribution in [0.25, 0.3) is 110 Å². The van der Waals surface area contributed by atoms with Crippen molar-refractivity contribution in [2.24, 2.45) is 0 Å². The van der Waals surface area contributed by atoms with Crippen molar-refractivity contribution in [2.45, 2.75) is 6.42 Å². The number of aromatic nitrogens is 3. The molecule has 0 aliphatic heterocycles. The molecule has 3 heteroatoms. The largest absolute Gasteiger partial charge is 0.309 e. The summed E-state index contributed by atoms with van der Waals surface area (Å²) in [6, 6.07) is 57.8. The molecule has 9 aromatic carbocycles. The Morgan fingerprint density at radius 1 is 0.533 bits per heavy atom. The molecule has 2 bridgehead atoms. The van der Waals surface area contributed by atoms with Crippen molar-refractivity contribution in [3.63, 3.8) is 0 Å². The lowest BCUT2D eigenvalue weighted by molar-refractivity contribution is 1.18. The predicted octanol–water partition coefficient (Wildman–Crippen LogP) is 14.9. The lowest BCUT2D eigenvalue weighted by Gasteiger charge is -2.16. The maximum Gasteiger partial charge on any atom is 0.160 e. The molecule has 0 atom stereocenters. The van der Waals surface area contributed by atoms with Crippen LogP contribution in [0.2, 0.25) is 0 Å². The summed E-state index contributed by atoms with van der Waals surface area (Å²) in [4.78, 5) is 10.2. The highest BCUT2D eigenvalue weighted by molar-refractivity contribution is 6.38. The Bertz CT molecular complexity index is 3710. The Balaban J connectivity index is 1.15. The monoisotopic (exact) mass is 763 g/mol. The third kappa shape index (κ3) is 5.09. The van der Waals surface area contributed by atoms with E-state index in [0.29, 0.717) is 5.82 Å². The molecule has 0 spiro atoms. The van der Waals surface area contributed by atoms with Gasteiger partial charge < -0.3 is 4.57 Å². The van der Waals surface area contributed by atoms with Gasteiger partial charge in [-0.1, -0.05) is 153 Å². The number of para-hydroxylation sites is 1. The first-order valence-electron chi connectivity index (χ1n) is 20.5. The van der Waals surface area contributed by atoms with Gasteiger partial charge in [-0.25, -0.2) is 9.97 Å². The second kappa shape index (κ2) is 13.3. The zero-order chi connectivity index (χ0) is 39.9. The van der Waals surface area contributed by atoms with Crippen LogP contribution >= 0.6 is 0 Å². The number of fused-ring (bicyclic) bond motifs is 15. The number of benzene rings is 9. The molecule has 0 unspecified atom stereocenters. The second-order valence-electron chi connectivity index (χ2n) is 15.8. The van der Waals surface area contributed by atoms with Crippen LogP contribution in [-0.2, 0) is 6.42 Å². The van der Waals surface area contributed by atoms with Crippen LogP contribution in [0.3, 0.4) is 0 Å². The Kier molecular flexibility index (Phi) is 7.60. The molecule has 1 aliphatic carbocycles. The third-order valence-corrected chi connectivity index (χ3v) is 12.4. The number of hydrogen-bond donors (Lipinski definition) is 0. The van der Waals surface area contributed by atoms with E-state index in [1.807, 2.05) is 42.5 Å². The van der Waals surface area contributed by atoms with E-state index in [4.69, 9.17) is 9.97 Å². The second-order valence-corrected chi connectivity index (χ2v) is 15.8. The molecule has 1 aliphatic rings. The fourth-order valence-electron chi connectivity index (χ4n) is 9.83. The van der Waals surface area contributed by atoms with Gasteiger partial charge in [0.15, 0.2) is 5.82 Å². The van der Waals surface area contributed by atoms with Crippen LogP contribution in [0, 0.1) is 0 Å². The lowest BCUT2D eigenvalue weighted by Crippen LogP contribution is -1.98. The predicted molar refractivity (Wildman–Crippen MR) is 255 cm³/mol. The summed E-state index contributed by atoms with van der Waals surface area (Å²) in [5, 5.41) is 13.8. The minimum Gasteiger partial charge on any atom is -0.309 e. The summed E-state index contributed by atoms with van der Waals surface area (Å²) >= 11 is 0. The van der Waals surface area contributed by atoms with Gasteiger partial charge in [-0.05, 0) is 115 Å². The van der Waals surface area contributed by atoms with E-state index in [9.17, 15) is 0 Å². The van der Waals surface area contributed by atoms with Gasteiger partial charge in [0, 0.05) is 38.2 Å². The summed E-state index contributed by atoms with van der Waals surface area (Å²) in [6.07, 6.45) is 10.4. The van der Waals surface area contributed by atoms with Gasteiger partial charge in [-0.15, -0.1) is 0 Å². The molecule has 0 saturated carbocycles. The maximum atomic E-state index is 5.13. The van der Waals surface area contributed by atoms with Crippen molar-refractivity contribution in [3.8, 4) is 28.2 Å². The Hall–Kier alpha value is -7.88. The van der Waals surface area contributed by atoms with Gasteiger partial charge in [0.25, 0.3) is 0 Å². The van der Waals surface area contributed by atoms with E-state index in [-0.39, 0.29) is 0 Å². The first-order valence-corrected chi connectivity index (χ1v) is 20.5. The van der Waals surface area contributed by atoms with Crippen LogP contribution in [0.15, 0.2) is 201 Å². The molecule has 0 amide bonds. The minimum absolute atomic E-state index is 0.664. The van der Waals surface area contributed by atoms with Gasteiger partial charge in [-0.2, -0.15) is 0 Å². The molecule has 0 saturated heterocycles. The van der Waals surface area contributed by atoms with Crippen molar-refractivity contribution in [3.05, 3.63) is 218 Å². The van der Waals surface area contributed by atoms with E-state index in [1.165, 1.54) is 87.1 Å². The molecule has 12 rings (SSSR count). The first-order chi connectivity index (χ1) is 29.6. The number of hydrogen-bond acceptors (Lipinski definition) is 2. The van der Waals surface area contributed by atoms with Crippen LogP contribution in [-0.4, -0.2) is 14.5 Å². The van der Waals surface area contributed by atoms with Crippen molar-refractivity contribution in [1.29, 1.82) is 0 Å². The van der Waals surface area contributed by atoms with Gasteiger partial charge in [-0.3, -0.25) is 0 Å². The summed E-state index contributed by atoms with van der Waals surface area (Å²) in [5.74, 6) is 0.664. The molecule has 0 N–H and O–H groups in total. The maximum absolute atomic E-state index is 5.13. The molecule has 11 aromatic rings. The van der Waals surface area contributed by atoms with E-state index in [1.54, 1.807) is 6.08 Å². The number of allylic oxidation sites excluding steroid dienone is 6. The molecule has 2 aromatic heterocycles. The molecule has 0 fully saturated rings. The molecule has 60 heavy (non-hydrogen) atoms. The highest BCUT2D eigenvalue weighted by Gasteiger charge is 2.25. The summed E-state index contributed by atoms with van der Waals surface area (Å²) in [7, 11) is 0. The van der Waals surface area contributed by atoms with E-state index in [2.05, 4.69) is 157 Å². The van der Waals surface area contributed by atoms with Gasteiger partial charge in [0.2, 0.25) is 0 Å². The number of rotatable bonds is 6. The van der Waals surface area contributed by atoms with E-state index >= 15 is 0 Å². The zero-order valence-electron chi connectivity index (χ0n) is 32.9. The average molecular weight is 764 g/mol. The molecule has 3 nitrogen and oxygen atoms in total. The van der Waals surface area contributed by atoms with Crippen LogP contribution < -0.4 is 0 Å². The zero-order valence-corrected chi connectivity index (χ0v) is 32.9. The lowest BCUT2D eigenvalue weighted by atomic mass is 9.88. The Morgan fingerprint density at radius 2 is 1.23 bits per heavy atom. The van der Waals surface area contributed by atoms with Gasteiger partial charge >= 0.3 is 0 Å². The van der Waals surface area contributed by atoms with Crippen molar-refractivity contribution in [2.75, 3.05) is 0 Å². The normalized spacial score (nSPS) is 12.6. The molecule has 280 valence electrons. The van der Waals surface area contributed by atoms with Gasteiger partial charge in [0.05, 0.1) is 22.2 Å². The fraction of sp³-hybridized carbons (Fsp3) is 0.0175. The summed E-state index contributed by atoms with van der Waals surface area (Å²) < 4.78 is 2.50. The van der Waals surface area contributed by atoms with Gasteiger partial charge in [0.1, 0.15) is 0 Å². The fourth-order valence-corrected chi connectivity index (χ4v) is 9.83.